The van der Waals surface area contributed by atoms with Gasteiger partial charge in [0.25, 0.3) is 5.56 Å². The Labute approximate surface area is 201 Å². The number of rotatable bonds is 5. The summed E-state index contributed by atoms with van der Waals surface area (Å²) in [5.74, 6) is 0.839. The van der Waals surface area contributed by atoms with Crippen molar-refractivity contribution < 1.29 is 4.79 Å². The lowest BCUT2D eigenvalue weighted by Crippen LogP contribution is -2.25. The van der Waals surface area contributed by atoms with Crippen LogP contribution in [0.5, 0.6) is 0 Å². The number of carbonyl (C=O) groups is 1. The number of amides is 1. The Morgan fingerprint density at radius 2 is 1.94 bits per heavy atom. The number of aryl methyl sites for hydroxylation is 3. The molecule has 5 rings (SSSR count). The number of fused-ring (bicyclic) bond motifs is 1. The third kappa shape index (κ3) is 4.28. The fourth-order valence-electron chi connectivity index (χ4n) is 4.32. The highest BCUT2D eigenvalue weighted by atomic mass is 35.5. The number of carbonyl (C=O) groups excluding carboxylic acids is 1. The average Bonchev–Trinajstić information content (AvgIpc) is 3.23. The molecule has 1 fully saturated rings. The van der Waals surface area contributed by atoms with Gasteiger partial charge in [-0.1, -0.05) is 23.7 Å². The number of benzene rings is 1. The lowest BCUT2D eigenvalue weighted by atomic mass is 10.0. The van der Waals surface area contributed by atoms with E-state index < -0.39 is 0 Å². The molecule has 1 unspecified atom stereocenters. The van der Waals surface area contributed by atoms with Crippen molar-refractivity contribution in [2.75, 3.05) is 6.54 Å². The van der Waals surface area contributed by atoms with E-state index in [1.54, 1.807) is 42.2 Å². The van der Waals surface area contributed by atoms with Crippen molar-refractivity contribution in [3.05, 3.63) is 69.8 Å². The molecule has 172 valence electrons. The van der Waals surface area contributed by atoms with Gasteiger partial charge in [0.1, 0.15) is 11.5 Å². The maximum absolute atomic E-state index is 13.7. The van der Waals surface area contributed by atoms with E-state index in [0.29, 0.717) is 59.2 Å². The molecule has 1 amide bonds. The van der Waals surface area contributed by atoms with Crippen molar-refractivity contribution in [1.82, 2.24) is 29.8 Å². The fraction of sp³-hybridized carbons (Fsp3) is 0.280. The van der Waals surface area contributed by atoms with E-state index in [9.17, 15) is 9.59 Å². The van der Waals surface area contributed by atoms with Crippen LogP contribution in [0, 0.1) is 19.8 Å². The van der Waals surface area contributed by atoms with Crippen molar-refractivity contribution in [3.8, 4) is 22.4 Å². The molecule has 0 saturated carbocycles. The molecule has 8 nitrogen and oxygen atoms in total. The van der Waals surface area contributed by atoms with E-state index in [-0.39, 0.29) is 17.4 Å². The maximum Gasteiger partial charge on any atom is 0.260 e. The van der Waals surface area contributed by atoms with E-state index in [1.807, 2.05) is 19.1 Å². The predicted octanol–water partition coefficient (Wildman–Crippen LogP) is 3.71. The van der Waals surface area contributed by atoms with Crippen molar-refractivity contribution in [1.29, 1.82) is 0 Å². The number of aromatic nitrogens is 5. The molecular formula is C25H23ClN6O2. The van der Waals surface area contributed by atoms with Crippen LogP contribution in [0.1, 0.15) is 24.4 Å². The van der Waals surface area contributed by atoms with Gasteiger partial charge in [0, 0.05) is 59.0 Å². The monoisotopic (exact) mass is 474 g/mol. The summed E-state index contributed by atoms with van der Waals surface area (Å²) >= 11 is 6.68. The summed E-state index contributed by atoms with van der Waals surface area (Å²) in [4.78, 5) is 42.8. The molecule has 0 aliphatic carbocycles. The Morgan fingerprint density at radius 3 is 2.68 bits per heavy atom. The molecule has 4 heterocycles. The van der Waals surface area contributed by atoms with Gasteiger partial charge in [-0.3, -0.25) is 19.1 Å². The molecule has 1 saturated heterocycles. The first-order valence-electron chi connectivity index (χ1n) is 11.1. The number of nitrogens with one attached hydrogen (secondary N) is 1. The van der Waals surface area contributed by atoms with Crippen LogP contribution in [-0.4, -0.2) is 37.0 Å². The van der Waals surface area contributed by atoms with Crippen molar-refractivity contribution in [3.63, 3.8) is 0 Å². The minimum atomic E-state index is -0.173. The SMILES string of the molecule is Cc1cncc(-c2ccc(-c3cc4cnc(C)nc4n(CCC4CNC(=O)C4)c3=O)c(Cl)c2)n1. The normalized spacial score (nSPS) is 15.6. The van der Waals surface area contributed by atoms with Crippen LogP contribution in [0.15, 0.2) is 47.7 Å². The maximum atomic E-state index is 13.7. The van der Waals surface area contributed by atoms with Gasteiger partial charge in [0.05, 0.1) is 17.6 Å². The van der Waals surface area contributed by atoms with Crippen LogP contribution in [0.3, 0.4) is 0 Å². The first kappa shape index (κ1) is 22.2. The van der Waals surface area contributed by atoms with E-state index in [0.717, 1.165) is 16.6 Å². The molecule has 1 aliphatic rings. The Hall–Kier alpha value is -3.65. The van der Waals surface area contributed by atoms with Gasteiger partial charge in [0.2, 0.25) is 5.91 Å². The summed E-state index contributed by atoms with van der Waals surface area (Å²) in [6.07, 6.45) is 6.28. The van der Waals surface area contributed by atoms with Crippen LogP contribution >= 0.6 is 11.6 Å². The summed E-state index contributed by atoms with van der Waals surface area (Å²) in [6.45, 7) is 4.76. The Morgan fingerprint density at radius 1 is 1.09 bits per heavy atom. The number of hydrogen-bond acceptors (Lipinski definition) is 6. The topological polar surface area (TPSA) is 103 Å². The third-order valence-electron chi connectivity index (χ3n) is 6.08. The predicted molar refractivity (Wildman–Crippen MR) is 130 cm³/mol. The summed E-state index contributed by atoms with van der Waals surface area (Å²) in [5, 5.41) is 4.06. The van der Waals surface area contributed by atoms with E-state index >= 15 is 0 Å². The summed E-state index contributed by atoms with van der Waals surface area (Å²) in [6, 6.07) is 7.32. The molecule has 3 aromatic heterocycles. The van der Waals surface area contributed by atoms with Crippen LogP contribution in [-0.2, 0) is 11.3 Å². The molecule has 1 aromatic carbocycles. The second-order valence-corrected chi connectivity index (χ2v) is 9.02. The van der Waals surface area contributed by atoms with Crippen LogP contribution in [0.2, 0.25) is 5.02 Å². The minimum absolute atomic E-state index is 0.0549. The lowest BCUT2D eigenvalue weighted by Gasteiger charge is -2.15. The Balaban J connectivity index is 1.58. The van der Waals surface area contributed by atoms with Crippen molar-refractivity contribution in [2.45, 2.75) is 33.2 Å². The molecule has 1 atom stereocenters. The lowest BCUT2D eigenvalue weighted by molar-refractivity contribution is -0.119. The quantitative estimate of drug-likeness (QED) is 0.473. The van der Waals surface area contributed by atoms with Gasteiger partial charge < -0.3 is 5.32 Å². The molecule has 0 radical (unpaired) electrons. The fourth-order valence-corrected chi connectivity index (χ4v) is 4.60. The molecule has 34 heavy (non-hydrogen) atoms. The zero-order chi connectivity index (χ0) is 23.8. The van der Waals surface area contributed by atoms with Crippen LogP contribution in [0.25, 0.3) is 33.4 Å². The van der Waals surface area contributed by atoms with E-state index in [4.69, 9.17) is 11.6 Å². The summed E-state index contributed by atoms with van der Waals surface area (Å²) in [7, 11) is 0. The third-order valence-corrected chi connectivity index (χ3v) is 6.39. The van der Waals surface area contributed by atoms with Crippen LogP contribution in [0.4, 0.5) is 0 Å². The standard InChI is InChI=1S/C25H23ClN6O2/c1-14-10-27-13-22(30-14)17-3-4-19(21(26)9-17)20-8-18-12-28-15(2)31-24(18)32(25(20)34)6-5-16-7-23(33)29-11-16/h3-4,8-10,12-13,16H,5-7,11H2,1-2H3,(H,29,33). The highest BCUT2D eigenvalue weighted by Crippen LogP contribution is 2.31. The van der Waals surface area contributed by atoms with Crippen molar-refractivity contribution in [2.24, 2.45) is 5.92 Å². The Bertz CT molecular complexity index is 1480. The van der Waals surface area contributed by atoms with Gasteiger partial charge in [-0.15, -0.1) is 0 Å². The highest BCUT2D eigenvalue weighted by molar-refractivity contribution is 6.33. The smallest absolute Gasteiger partial charge is 0.260 e. The second kappa shape index (κ2) is 8.95. The summed E-state index contributed by atoms with van der Waals surface area (Å²) < 4.78 is 1.68. The molecule has 1 N–H and O–H groups in total. The Kier molecular flexibility index (Phi) is 5.83. The first-order valence-corrected chi connectivity index (χ1v) is 11.5. The van der Waals surface area contributed by atoms with Gasteiger partial charge >= 0.3 is 0 Å². The number of halogens is 1. The first-order chi connectivity index (χ1) is 16.4. The van der Waals surface area contributed by atoms with Gasteiger partial charge in [-0.2, -0.15) is 0 Å². The molecule has 0 bridgehead atoms. The molecule has 1 aliphatic heterocycles. The molecular weight excluding hydrogens is 452 g/mol. The van der Waals surface area contributed by atoms with Gasteiger partial charge in [0.15, 0.2) is 0 Å². The van der Waals surface area contributed by atoms with Gasteiger partial charge in [-0.25, -0.2) is 15.0 Å². The van der Waals surface area contributed by atoms with Gasteiger partial charge in [-0.05, 0) is 38.3 Å². The zero-order valence-electron chi connectivity index (χ0n) is 18.9. The molecule has 4 aromatic rings. The zero-order valence-corrected chi connectivity index (χ0v) is 19.6. The average molecular weight is 475 g/mol. The minimum Gasteiger partial charge on any atom is -0.356 e. The van der Waals surface area contributed by atoms with E-state index in [1.165, 1.54) is 0 Å². The highest BCUT2D eigenvalue weighted by Gasteiger charge is 2.22. The largest absolute Gasteiger partial charge is 0.356 e. The summed E-state index contributed by atoms with van der Waals surface area (Å²) in [5.41, 5.74) is 3.87. The number of pyridine rings is 1. The molecule has 0 spiro atoms. The second-order valence-electron chi connectivity index (χ2n) is 8.61. The van der Waals surface area contributed by atoms with Crippen LogP contribution < -0.4 is 10.9 Å². The van der Waals surface area contributed by atoms with Crippen molar-refractivity contribution >= 4 is 28.5 Å². The number of nitrogens with zero attached hydrogens (tertiary/aromatic N) is 5. The van der Waals surface area contributed by atoms with E-state index in [2.05, 4.69) is 25.3 Å². The molecule has 9 heteroatoms. The number of hydrogen-bond donors (Lipinski definition) is 1.